The lowest BCUT2D eigenvalue weighted by Crippen LogP contribution is -2.65. The second-order valence-electron chi connectivity index (χ2n) is 10.3. The summed E-state index contributed by atoms with van der Waals surface area (Å²) in [6, 6.07) is 7.81. The van der Waals surface area contributed by atoms with Crippen LogP contribution in [0.4, 0.5) is 0 Å². The Bertz CT molecular complexity index is 1550. The Morgan fingerprint density at radius 3 is 2.38 bits per heavy atom. The van der Waals surface area contributed by atoms with E-state index in [-0.39, 0.29) is 35.3 Å². The summed E-state index contributed by atoms with van der Waals surface area (Å²) in [7, 11) is 3.05. The molecule has 0 bridgehead atoms. The van der Waals surface area contributed by atoms with Crippen molar-refractivity contribution in [3.05, 3.63) is 70.0 Å². The van der Waals surface area contributed by atoms with Gasteiger partial charge >= 0.3 is 5.97 Å². The molecular formula is C28H26N2O9. The molecule has 3 aliphatic rings. The molecule has 0 saturated heterocycles. The van der Waals surface area contributed by atoms with Crippen molar-refractivity contribution in [2.24, 2.45) is 17.6 Å². The van der Waals surface area contributed by atoms with Crippen molar-refractivity contribution >= 4 is 29.2 Å². The molecule has 0 heterocycles. The number of carbonyl (C=O) groups is 4. The zero-order valence-corrected chi connectivity index (χ0v) is 21.0. The molecule has 0 aliphatic heterocycles. The number of rotatable bonds is 4. The van der Waals surface area contributed by atoms with Crippen molar-refractivity contribution in [1.29, 1.82) is 0 Å². The third-order valence-electron chi connectivity index (χ3n) is 8.02. The van der Waals surface area contributed by atoms with Crippen LogP contribution < -0.4 is 5.73 Å². The highest BCUT2D eigenvalue weighted by Crippen LogP contribution is 2.53. The van der Waals surface area contributed by atoms with Crippen molar-refractivity contribution in [3.8, 4) is 16.9 Å². The molecule has 0 radical (unpaired) electrons. The summed E-state index contributed by atoms with van der Waals surface area (Å²) in [6.45, 7) is 0. The van der Waals surface area contributed by atoms with Gasteiger partial charge in [0.1, 0.15) is 22.8 Å². The summed E-state index contributed by atoms with van der Waals surface area (Å²) in [5, 5.41) is 54.0. The highest BCUT2D eigenvalue weighted by molar-refractivity contribution is 6.24. The SMILES string of the molecule is CN(C)[C@@H]1C(=O)C(C(N)=O)=C(O)[C@@]2(O)C(=O)C3=C(O)c4c(O)ccc(-c5cccc(C(=O)O)c5)c4C[C@H]3C[C@H]12. The fourth-order valence-electron chi connectivity index (χ4n) is 6.33. The quantitative estimate of drug-likeness (QED) is 0.311. The number of hydrogen-bond acceptors (Lipinski definition) is 9. The van der Waals surface area contributed by atoms with Crippen LogP contribution in [0, 0.1) is 11.8 Å². The van der Waals surface area contributed by atoms with Crippen LogP contribution in [-0.2, 0) is 20.8 Å². The number of phenols is 1. The second-order valence-corrected chi connectivity index (χ2v) is 10.3. The van der Waals surface area contributed by atoms with E-state index in [2.05, 4.69) is 0 Å². The first-order valence-electron chi connectivity index (χ1n) is 12.1. The van der Waals surface area contributed by atoms with Crippen LogP contribution in [0.25, 0.3) is 16.9 Å². The maximum atomic E-state index is 13.9. The topological polar surface area (TPSA) is 199 Å². The normalized spacial score (nSPS) is 26.3. The smallest absolute Gasteiger partial charge is 0.335 e. The van der Waals surface area contributed by atoms with Crippen LogP contribution in [0.1, 0.15) is 27.9 Å². The molecule has 11 nitrogen and oxygen atoms in total. The van der Waals surface area contributed by atoms with Gasteiger partial charge in [0.15, 0.2) is 11.4 Å². The zero-order valence-electron chi connectivity index (χ0n) is 21.0. The number of benzene rings is 2. The fourth-order valence-corrected chi connectivity index (χ4v) is 6.33. The van der Waals surface area contributed by atoms with Gasteiger partial charge < -0.3 is 31.3 Å². The van der Waals surface area contributed by atoms with E-state index in [1.807, 2.05) is 0 Å². The minimum atomic E-state index is -2.71. The van der Waals surface area contributed by atoms with E-state index >= 15 is 0 Å². The summed E-state index contributed by atoms with van der Waals surface area (Å²) in [4.78, 5) is 52.1. The molecule has 0 spiro atoms. The number of hydrogen-bond donors (Lipinski definition) is 6. The number of nitrogens with two attached hydrogens (primary N) is 1. The van der Waals surface area contributed by atoms with Crippen molar-refractivity contribution in [2.75, 3.05) is 14.1 Å². The number of fused-ring (bicyclic) bond motifs is 3. The first kappa shape index (κ1) is 26.1. The summed E-state index contributed by atoms with van der Waals surface area (Å²) >= 11 is 0. The van der Waals surface area contributed by atoms with Crippen LogP contribution in [0.3, 0.4) is 0 Å². The van der Waals surface area contributed by atoms with Gasteiger partial charge in [-0.1, -0.05) is 18.2 Å². The number of phenolic OH excluding ortho intramolecular Hbond substituents is 1. The highest BCUT2D eigenvalue weighted by atomic mass is 16.4. The van der Waals surface area contributed by atoms with Crippen molar-refractivity contribution in [1.82, 2.24) is 4.90 Å². The highest BCUT2D eigenvalue weighted by Gasteiger charge is 2.64. The predicted molar refractivity (Wildman–Crippen MR) is 137 cm³/mol. The van der Waals surface area contributed by atoms with Crippen LogP contribution in [0.2, 0.25) is 0 Å². The van der Waals surface area contributed by atoms with E-state index in [9.17, 15) is 44.7 Å². The van der Waals surface area contributed by atoms with Gasteiger partial charge in [0.05, 0.1) is 17.2 Å². The van der Waals surface area contributed by atoms with Gasteiger partial charge in [-0.05, 0) is 67.7 Å². The number of Topliss-reactive ketones (excluding diaryl/α,β-unsaturated/α-hetero) is 2. The number of aromatic carboxylic acids is 1. The van der Waals surface area contributed by atoms with E-state index in [0.717, 1.165) is 0 Å². The lowest BCUT2D eigenvalue weighted by atomic mass is 9.57. The van der Waals surface area contributed by atoms with Crippen LogP contribution in [0.5, 0.6) is 5.75 Å². The van der Waals surface area contributed by atoms with Crippen molar-refractivity contribution < 1.29 is 44.7 Å². The Kier molecular flexibility index (Phi) is 5.89. The van der Waals surface area contributed by atoms with Gasteiger partial charge in [-0.15, -0.1) is 0 Å². The van der Waals surface area contributed by atoms with Gasteiger partial charge in [-0.3, -0.25) is 19.3 Å². The van der Waals surface area contributed by atoms with Crippen molar-refractivity contribution in [2.45, 2.75) is 24.5 Å². The number of aromatic hydroxyl groups is 1. The van der Waals surface area contributed by atoms with Gasteiger partial charge in [-0.2, -0.15) is 0 Å². The number of amides is 1. The lowest BCUT2D eigenvalue weighted by molar-refractivity contribution is -0.153. The summed E-state index contributed by atoms with van der Waals surface area (Å²) < 4.78 is 0. The minimum absolute atomic E-state index is 0.0329. The Hall–Kier alpha value is -4.48. The lowest BCUT2D eigenvalue weighted by Gasteiger charge is -2.50. The molecule has 1 amide bonds. The first-order valence-corrected chi connectivity index (χ1v) is 12.1. The van der Waals surface area contributed by atoms with Crippen LogP contribution in [-0.4, -0.2) is 79.6 Å². The van der Waals surface area contributed by atoms with Crippen molar-refractivity contribution in [3.63, 3.8) is 0 Å². The number of primary amides is 1. The Balaban J connectivity index is 1.73. The molecule has 2 aromatic rings. The predicted octanol–water partition coefficient (Wildman–Crippen LogP) is 1.33. The molecule has 202 valence electrons. The average molecular weight is 535 g/mol. The van der Waals surface area contributed by atoms with Crippen LogP contribution >= 0.6 is 0 Å². The average Bonchev–Trinajstić information content (AvgIpc) is 2.86. The molecule has 5 rings (SSSR count). The minimum Gasteiger partial charge on any atom is -0.508 e. The maximum Gasteiger partial charge on any atom is 0.335 e. The standard InChI is InChI=1S/C28H26N2O9/c1-30(2)21-16-10-13-9-15-14(11-4-3-5-12(8-11)27(37)38)6-7-17(31)19(15)22(32)18(13)24(34)28(16,39)25(35)20(23(21)33)26(29)36/h3-8,13,16,21,31-32,35,39H,9-10H2,1-2H3,(H2,29,36)(H,37,38)/t13-,16+,21-,28-/m0/s1. The summed E-state index contributed by atoms with van der Waals surface area (Å²) in [5.41, 5.74) is 2.93. The number of aliphatic hydroxyl groups is 3. The molecular weight excluding hydrogens is 508 g/mol. The number of ketones is 2. The third kappa shape index (κ3) is 3.57. The van der Waals surface area contributed by atoms with Gasteiger partial charge in [0, 0.05) is 11.5 Å². The zero-order chi connectivity index (χ0) is 28.5. The number of aliphatic hydroxyl groups excluding tert-OH is 2. The number of nitrogens with zero attached hydrogens (tertiary/aromatic N) is 1. The monoisotopic (exact) mass is 534 g/mol. The Morgan fingerprint density at radius 2 is 1.77 bits per heavy atom. The molecule has 0 unspecified atom stereocenters. The molecule has 4 atom stereocenters. The molecule has 39 heavy (non-hydrogen) atoms. The molecule has 3 aliphatic carbocycles. The van der Waals surface area contributed by atoms with E-state index in [1.165, 1.54) is 37.2 Å². The number of likely N-dealkylation sites (N-methyl/N-ethyl adjacent to an activating group) is 1. The molecule has 1 fully saturated rings. The fraction of sp³-hybridized carbons (Fsp3) is 0.286. The largest absolute Gasteiger partial charge is 0.508 e. The van der Waals surface area contributed by atoms with Gasteiger partial charge in [0.2, 0.25) is 5.78 Å². The van der Waals surface area contributed by atoms with Gasteiger partial charge in [0.25, 0.3) is 5.91 Å². The summed E-state index contributed by atoms with van der Waals surface area (Å²) in [5.74, 6) is -8.40. The van der Waals surface area contributed by atoms with E-state index < -0.39 is 64.0 Å². The number of carboxylic acid groups (broad SMARTS) is 1. The van der Waals surface area contributed by atoms with E-state index in [0.29, 0.717) is 16.7 Å². The van der Waals surface area contributed by atoms with Gasteiger partial charge in [-0.25, -0.2) is 4.79 Å². The van der Waals surface area contributed by atoms with Crippen LogP contribution in [0.15, 0.2) is 53.3 Å². The molecule has 7 N–H and O–H groups in total. The van der Waals surface area contributed by atoms with E-state index in [1.54, 1.807) is 18.2 Å². The molecule has 2 aromatic carbocycles. The molecule has 11 heteroatoms. The molecule has 1 saturated carbocycles. The number of carboxylic acids is 1. The number of carbonyl (C=O) groups excluding carboxylic acids is 3. The maximum absolute atomic E-state index is 13.9. The Labute approximate surface area is 222 Å². The Morgan fingerprint density at radius 1 is 1.08 bits per heavy atom. The third-order valence-corrected chi connectivity index (χ3v) is 8.02. The van der Waals surface area contributed by atoms with E-state index in [4.69, 9.17) is 5.73 Å². The molecule has 0 aromatic heterocycles. The second kappa shape index (κ2) is 8.79. The summed E-state index contributed by atoms with van der Waals surface area (Å²) in [6.07, 6.45) is 0.0472. The first-order chi connectivity index (χ1) is 18.3.